The average Bonchev–Trinajstić information content (AvgIpc) is 1.76. The number of aliphatic hydroxyl groups is 3. The van der Waals surface area contributed by atoms with Crippen LogP contribution in [-0.4, -0.2) is 135 Å². The van der Waals surface area contributed by atoms with Gasteiger partial charge in [0.05, 0.1) is 72.8 Å². The number of aromatic nitrogens is 3. The average molecular weight is 1220 g/mol. The van der Waals surface area contributed by atoms with Gasteiger partial charge in [0.1, 0.15) is 5.69 Å². The molecule has 6 aromatic rings. The van der Waals surface area contributed by atoms with Crippen LogP contribution in [0.5, 0.6) is 0 Å². The monoisotopic (exact) mass is 1220 g/mol. The summed E-state index contributed by atoms with van der Waals surface area (Å²) in [6.07, 6.45) is 13.3. The van der Waals surface area contributed by atoms with Gasteiger partial charge in [0.25, 0.3) is 0 Å². The van der Waals surface area contributed by atoms with Crippen LogP contribution in [0.3, 0.4) is 0 Å². The Kier molecular flexibility index (Phi) is 18.1. The van der Waals surface area contributed by atoms with Crippen LogP contribution in [0.25, 0.3) is 17.1 Å². The predicted molar refractivity (Wildman–Crippen MR) is 333 cm³/mol. The number of Topliss-reactive ketones (excluding diaryl/α,β-unsaturated/α-hetero) is 3. The molecule has 3 N–H and O–H groups in total. The second kappa shape index (κ2) is 26.0. The molecule has 6 bridgehead atoms. The van der Waals surface area contributed by atoms with E-state index in [4.69, 9.17) is 15.8 Å². The van der Waals surface area contributed by atoms with E-state index in [0.717, 1.165) is 122 Å². The number of nitrogens with zero attached hydrogens (tertiary/aromatic N) is 9. The number of fused-ring (bicyclic) bond motifs is 6. The minimum atomic E-state index is -4.64. The summed E-state index contributed by atoms with van der Waals surface area (Å²) < 4.78 is 46.6. The molecule has 6 unspecified atom stereocenters. The Morgan fingerprint density at radius 2 is 0.744 bits per heavy atom. The molecule has 8 aliphatic rings. The lowest BCUT2D eigenvalue weighted by molar-refractivity contribution is -0.142. The summed E-state index contributed by atoms with van der Waals surface area (Å²) in [5, 5.41) is 57.8. The Hall–Kier alpha value is -7.47. The molecule has 0 radical (unpaired) electrons. The van der Waals surface area contributed by atoms with Gasteiger partial charge in [-0.1, -0.05) is 32.1 Å². The molecule has 9 heterocycles. The van der Waals surface area contributed by atoms with E-state index in [0.29, 0.717) is 60.1 Å². The third-order valence-electron chi connectivity index (χ3n) is 21.5. The van der Waals surface area contributed by atoms with Gasteiger partial charge < -0.3 is 29.0 Å². The van der Waals surface area contributed by atoms with Crippen molar-refractivity contribution in [2.45, 2.75) is 209 Å². The first-order valence-electron chi connectivity index (χ1n) is 32.5. The fourth-order valence-corrected chi connectivity index (χ4v) is 16.9. The molecule has 6 aliphatic heterocycles. The van der Waals surface area contributed by atoms with Crippen LogP contribution >= 0.6 is 0 Å². The number of carbonyl (C=O) groups excluding carboxylic acids is 3. The highest BCUT2D eigenvalue weighted by Gasteiger charge is 2.49. The predicted octanol–water partition coefficient (Wildman–Crippen LogP) is 12.0. The van der Waals surface area contributed by atoms with Crippen LogP contribution in [-0.2, 0) is 6.18 Å². The lowest BCUT2D eigenvalue weighted by Gasteiger charge is -2.24. The third-order valence-corrected chi connectivity index (χ3v) is 21.5. The Morgan fingerprint density at radius 1 is 0.444 bits per heavy atom. The zero-order chi connectivity index (χ0) is 63.3. The fraction of sp³-hybridized carbons (Fsp3) is 0.500. The Labute approximate surface area is 524 Å². The smallest absolute Gasteiger partial charge is 0.391 e. The molecule has 2 aliphatic carbocycles. The first-order chi connectivity index (χ1) is 43.3. The topological polar surface area (TPSA) is 208 Å². The second-order valence-corrected chi connectivity index (χ2v) is 26.6. The largest absolute Gasteiger partial charge is 0.431 e. The molecular weight excluding hydrogens is 1140 g/mol. The standard InChI is InChI=1S/C26H31N3O2.C25H29N3O2.C21H20F3N3O2/c1-17-22(26(31)16-28-21-11-12-23(28)25(30)13-21)14-24(19-5-3-2-4-6-19)29(17)20-9-7-18(15-27)8-10-20;1-16-21(25(30)15-27-20-10-11-22(27)24(29)12-20)13-23(18-4-2-3-5-18)28(16)19-8-6-17(14-26)7-9-19;1-12-16(19(29)11-26-15-6-7-17(26)18(28)8-15)9-20(21(22,23)24)27(12)14-4-2-13(10-25)3-5-14/h7-10,14,19,21,23,25,30H,2-6,11-13,16H2,1H3;6-9,13,18,20,22,24,29H,2-5,10-12,15H2,1H3;2-5,9,15,17-18,28H,6-8,11H2,1H3/t21?,23?,25-;20?,22?,24-;15?,17?,18-/m000/s1. The number of benzene rings is 3. The summed E-state index contributed by atoms with van der Waals surface area (Å²) in [7, 11) is 0. The van der Waals surface area contributed by atoms with E-state index in [1.807, 2.05) is 73.3 Å². The summed E-state index contributed by atoms with van der Waals surface area (Å²) in [5.41, 5.74) is 9.27. The van der Waals surface area contributed by atoms with Crippen molar-refractivity contribution in [3.63, 3.8) is 0 Å². The summed E-state index contributed by atoms with van der Waals surface area (Å²) in [6.45, 7) is 6.38. The van der Waals surface area contributed by atoms with Gasteiger partial charge in [-0.2, -0.15) is 29.0 Å². The number of hydrogen-bond acceptors (Lipinski definition) is 12. The van der Waals surface area contributed by atoms with Crippen molar-refractivity contribution in [2.75, 3.05) is 19.6 Å². The molecule has 14 rings (SSSR count). The number of halogens is 3. The highest BCUT2D eigenvalue weighted by Crippen LogP contribution is 2.44. The van der Waals surface area contributed by atoms with Crippen molar-refractivity contribution in [3.8, 4) is 35.3 Å². The summed E-state index contributed by atoms with van der Waals surface area (Å²) >= 11 is 0. The van der Waals surface area contributed by atoms with Crippen molar-refractivity contribution in [3.05, 3.63) is 159 Å². The third kappa shape index (κ3) is 12.2. The molecule has 18 heteroatoms. The Morgan fingerprint density at radius 3 is 1.03 bits per heavy atom. The molecule has 3 aromatic carbocycles. The van der Waals surface area contributed by atoms with Gasteiger partial charge >= 0.3 is 6.18 Å². The van der Waals surface area contributed by atoms with Gasteiger partial charge in [0, 0.05) is 98.5 Å². The lowest BCUT2D eigenvalue weighted by Crippen LogP contribution is -2.36. The van der Waals surface area contributed by atoms with Crippen LogP contribution in [0, 0.1) is 54.8 Å². The Balaban J connectivity index is 0.000000131. The van der Waals surface area contributed by atoms with Gasteiger partial charge in [0.2, 0.25) is 0 Å². The first-order valence-corrected chi connectivity index (χ1v) is 32.5. The summed E-state index contributed by atoms with van der Waals surface area (Å²) in [4.78, 5) is 46.2. The number of rotatable bonds is 14. The van der Waals surface area contributed by atoms with E-state index < -0.39 is 18.0 Å². The second-order valence-electron chi connectivity index (χ2n) is 26.6. The molecule has 8 fully saturated rings. The van der Waals surface area contributed by atoms with Crippen LogP contribution in [0.4, 0.5) is 13.2 Å². The molecule has 90 heavy (non-hydrogen) atoms. The lowest BCUT2D eigenvalue weighted by atomic mass is 9.86. The maximum absolute atomic E-state index is 13.7. The number of hydrogen-bond donors (Lipinski definition) is 3. The van der Waals surface area contributed by atoms with Crippen molar-refractivity contribution >= 4 is 17.3 Å². The fourth-order valence-electron chi connectivity index (χ4n) is 16.9. The molecule has 15 nitrogen and oxygen atoms in total. The van der Waals surface area contributed by atoms with E-state index in [9.17, 15) is 42.9 Å². The van der Waals surface area contributed by atoms with Crippen LogP contribution in [0.1, 0.15) is 209 Å². The molecular formula is C72H80F3N9O6. The number of aliphatic hydroxyl groups excluding tert-OH is 3. The zero-order valence-corrected chi connectivity index (χ0v) is 51.6. The maximum atomic E-state index is 13.7. The highest BCUT2D eigenvalue weighted by atomic mass is 19.4. The van der Waals surface area contributed by atoms with Gasteiger partial charge in [-0.3, -0.25) is 29.1 Å². The van der Waals surface area contributed by atoms with Gasteiger partial charge in [-0.05, 0) is 207 Å². The number of alkyl halides is 3. The van der Waals surface area contributed by atoms with Crippen molar-refractivity contribution in [2.24, 2.45) is 0 Å². The maximum Gasteiger partial charge on any atom is 0.431 e. The summed E-state index contributed by atoms with van der Waals surface area (Å²) in [5.74, 6) is 0.879. The zero-order valence-electron chi connectivity index (χ0n) is 51.6. The minimum Gasteiger partial charge on any atom is -0.391 e. The van der Waals surface area contributed by atoms with E-state index in [-0.39, 0.29) is 77.2 Å². The van der Waals surface area contributed by atoms with E-state index in [1.54, 1.807) is 0 Å². The van der Waals surface area contributed by atoms with E-state index in [1.165, 1.54) is 74.7 Å². The molecule has 9 atom stereocenters. The molecule has 470 valence electrons. The Bertz CT molecular complexity index is 3780. The van der Waals surface area contributed by atoms with Gasteiger partial charge in [-0.15, -0.1) is 0 Å². The molecule has 6 saturated heterocycles. The molecule has 0 amide bonds. The highest BCUT2D eigenvalue weighted by molar-refractivity contribution is 6.00. The van der Waals surface area contributed by atoms with Crippen molar-refractivity contribution < 1.29 is 42.9 Å². The van der Waals surface area contributed by atoms with Crippen LogP contribution in [0.2, 0.25) is 0 Å². The van der Waals surface area contributed by atoms with Crippen LogP contribution < -0.4 is 0 Å². The van der Waals surface area contributed by atoms with Crippen molar-refractivity contribution in [1.29, 1.82) is 15.8 Å². The van der Waals surface area contributed by atoms with E-state index in [2.05, 4.69) is 43.2 Å². The number of nitriles is 3. The number of ketones is 3. The van der Waals surface area contributed by atoms with E-state index >= 15 is 0 Å². The van der Waals surface area contributed by atoms with Crippen molar-refractivity contribution in [1.82, 2.24) is 28.4 Å². The molecule has 3 aromatic heterocycles. The number of carbonyl (C=O) groups is 3. The molecule has 2 saturated carbocycles. The van der Waals surface area contributed by atoms with Gasteiger partial charge in [-0.25, -0.2) is 0 Å². The van der Waals surface area contributed by atoms with Crippen LogP contribution in [0.15, 0.2) is 91.0 Å². The summed E-state index contributed by atoms with van der Waals surface area (Å²) in [6, 6.07) is 33.6. The molecule has 0 spiro atoms. The van der Waals surface area contributed by atoms with Gasteiger partial charge in [0.15, 0.2) is 17.3 Å². The SMILES string of the molecule is Cc1c(C(=O)CN2C3CCC2[C@@H](O)C3)cc(C(F)(F)F)n1-c1ccc(C#N)cc1.Cc1c(C(=O)CN2C3CCC2[C@@H](O)C3)cc(C2CCCC2)n1-c1ccc(C#N)cc1.Cc1c(C(=O)CN2C3CCC2[C@@H](O)C3)cc(C2CCCCC2)n1-c1ccc(C#N)cc1. The minimum absolute atomic E-state index is 0.00190. The first kappa shape index (κ1) is 62.7. The normalized spacial score (nSPS) is 25.6. The quantitative estimate of drug-likeness (QED) is 0.0871.